The molecule has 1 N–H and O–H groups in total. The summed E-state index contributed by atoms with van der Waals surface area (Å²) in [6.07, 6.45) is 1.94. The van der Waals surface area contributed by atoms with Crippen molar-refractivity contribution in [2.24, 2.45) is 5.92 Å². The molecule has 1 atom stereocenters. The number of carbonyl (C=O) groups excluding carboxylic acids is 1. The van der Waals surface area contributed by atoms with Crippen molar-refractivity contribution in [3.05, 3.63) is 24.3 Å². The number of para-hydroxylation sites is 1. The quantitative estimate of drug-likeness (QED) is 0.897. The van der Waals surface area contributed by atoms with E-state index in [1.165, 1.54) is 11.3 Å². The van der Waals surface area contributed by atoms with Gasteiger partial charge in [-0.05, 0) is 18.6 Å². The smallest absolute Gasteiger partial charge is 0.228 e. The third kappa shape index (κ3) is 2.82. The van der Waals surface area contributed by atoms with E-state index in [0.29, 0.717) is 5.13 Å². The summed E-state index contributed by atoms with van der Waals surface area (Å²) in [6.45, 7) is 4.04. The number of fused-ring (bicyclic) bond motifs is 1. The van der Waals surface area contributed by atoms with Crippen LogP contribution in [0, 0.1) is 5.92 Å². The number of carbonyl (C=O) groups is 1. The summed E-state index contributed by atoms with van der Waals surface area (Å²) < 4.78 is 1.10. The lowest BCUT2D eigenvalue weighted by molar-refractivity contribution is -0.119. The molecule has 1 aromatic heterocycles. The fourth-order valence-corrected chi connectivity index (χ4v) is 2.59. The number of nitrogens with zero attached hydrogens (tertiary/aromatic N) is 1. The molecule has 0 aliphatic carbocycles. The lowest BCUT2D eigenvalue weighted by Crippen LogP contribution is -2.19. The summed E-state index contributed by atoms with van der Waals surface area (Å²) in [6, 6.07) is 7.90. The van der Waals surface area contributed by atoms with Crippen molar-refractivity contribution in [1.29, 1.82) is 0 Å². The Morgan fingerprint density at radius 3 is 2.94 bits per heavy atom. The Hall–Kier alpha value is -1.42. The Morgan fingerprint density at radius 2 is 2.24 bits per heavy atom. The average molecular weight is 248 g/mol. The van der Waals surface area contributed by atoms with E-state index in [1.54, 1.807) is 0 Å². The predicted molar refractivity (Wildman–Crippen MR) is 72.3 cm³/mol. The molecule has 0 spiro atoms. The summed E-state index contributed by atoms with van der Waals surface area (Å²) in [4.78, 5) is 16.2. The van der Waals surface area contributed by atoms with E-state index in [4.69, 9.17) is 0 Å². The molecule has 0 saturated heterocycles. The number of nitrogens with one attached hydrogen (secondary N) is 1. The van der Waals surface area contributed by atoms with Crippen LogP contribution in [0.1, 0.15) is 26.7 Å². The van der Waals surface area contributed by atoms with Crippen LogP contribution in [0.2, 0.25) is 0 Å². The normalized spacial score (nSPS) is 12.6. The predicted octanol–water partition coefficient (Wildman–Crippen LogP) is 3.67. The number of anilines is 1. The van der Waals surface area contributed by atoms with Gasteiger partial charge in [0.15, 0.2) is 5.13 Å². The van der Waals surface area contributed by atoms with Crippen LogP contribution in [0.3, 0.4) is 0 Å². The number of benzene rings is 1. The molecule has 0 radical (unpaired) electrons. The van der Waals surface area contributed by atoms with Crippen LogP contribution in [-0.2, 0) is 4.79 Å². The molecule has 90 valence electrons. The minimum Gasteiger partial charge on any atom is -0.302 e. The Labute approximate surface area is 105 Å². The molecule has 0 saturated carbocycles. The lowest BCUT2D eigenvalue weighted by Gasteiger charge is -2.08. The number of rotatable bonds is 4. The van der Waals surface area contributed by atoms with Crippen LogP contribution in [0.15, 0.2) is 24.3 Å². The van der Waals surface area contributed by atoms with E-state index < -0.39 is 0 Å². The first-order valence-corrected chi connectivity index (χ1v) is 6.68. The molecule has 0 aliphatic heterocycles. The van der Waals surface area contributed by atoms with Crippen LogP contribution < -0.4 is 5.32 Å². The van der Waals surface area contributed by atoms with Gasteiger partial charge in [0.2, 0.25) is 5.91 Å². The van der Waals surface area contributed by atoms with Crippen molar-refractivity contribution >= 4 is 32.6 Å². The first-order chi connectivity index (χ1) is 8.20. The van der Waals surface area contributed by atoms with E-state index in [0.717, 1.165) is 23.1 Å². The number of hydrogen-bond donors (Lipinski definition) is 1. The molecule has 1 unspecified atom stereocenters. The molecule has 1 amide bonds. The maximum absolute atomic E-state index is 11.8. The highest BCUT2D eigenvalue weighted by molar-refractivity contribution is 7.22. The molecule has 3 nitrogen and oxygen atoms in total. The van der Waals surface area contributed by atoms with Crippen LogP contribution in [-0.4, -0.2) is 10.9 Å². The van der Waals surface area contributed by atoms with Gasteiger partial charge >= 0.3 is 0 Å². The summed E-state index contributed by atoms with van der Waals surface area (Å²) in [7, 11) is 0. The Morgan fingerprint density at radius 1 is 1.47 bits per heavy atom. The number of hydrogen-bond acceptors (Lipinski definition) is 3. The second-order valence-electron chi connectivity index (χ2n) is 4.17. The van der Waals surface area contributed by atoms with Gasteiger partial charge in [0.25, 0.3) is 0 Å². The zero-order valence-corrected chi connectivity index (χ0v) is 10.9. The second-order valence-corrected chi connectivity index (χ2v) is 5.20. The van der Waals surface area contributed by atoms with Gasteiger partial charge in [0, 0.05) is 5.92 Å². The fourth-order valence-electron chi connectivity index (χ4n) is 1.72. The highest BCUT2D eigenvalue weighted by Crippen LogP contribution is 2.25. The van der Waals surface area contributed by atoms with E-state index in [9.17, 15) is 4.79 Å². The van der Waals surface area contributed by atoms with Crippen molar-refractivity contribution in [2.75, 3.05) is 5.32 Å². The summed E-state index contributed by atoms with van der Waals surface area (Å²) in [5, 5.41) is 3.58. The van der Waals surface area contributed by atoms with Gasteiger partial charge in [-0.3, -0.25) is 4.79 Å². The minimum atomic E-state index is 0.0482. The van der Waals surface area contributed by atoms with Crippen LogP contribution in [0.4, 0.5) is 5.13 Å². The van der Waals surface area contributed by atoms with Crippen LogP contribution >= 0.6 is 11.3 Å². The average Bonchev–Trinajstić information content (AvgIpc) is 2.71. The highest BCUT2D eigenvalue weighted by Gasteiger charge is 2.13. The molecule has 2 rings (SSSR count). The second kappa shape index (κ2) is 5.27. The van der Waals surface area contributed by atoms with Crippen molar-refractivity contribution in [3.8, 4) is 0 Å². The molecule has 1 heterocycles. The highest BCUT2D eigenvalue weighted by atomic mass is 32.1. The van der Waals surface area contributed by atoms with Crippen molar-refractivity contribution in [3.63, 3.8) is 0 Å². The molecule has 17 heavy (non-hydrogen) atoms. The molecule has 0 aliphatic rings. The van der Waals surface area contributed by atoms with Crippen LogP contribution in [0.5, 0.6) is 0 Å². The number of aromatic nitrogens is 1. The van der Waals surface area contributed by atoms with E-state index in [2.05, 4.69) is 17.2 Å². The molecular weight excluding hydrogens is 232 g/mol. The molecule has 1 aromatic carbocycles. The number of amides is 1. The third-order valence-corrected chi connectivity index (χ3v) is 3.65. The van der Waals surface area contributed by atoms with Crippen molar-refractivity contribution in [2.45, 2.75) is 26.7 Å². The van der Waals surface area contributed by atoms with Gasteiger partial charge in [0.05, 0.1) is 10.2 Å². The van der Waals surface area contributed by atoms with E-state index in [-0.39, 0.29) is 11.8 Å². The Bertz CT molecular complexity index is 488. The lowest BCUT2D eigenvalue weighted by atomic mass is 10.1. The first kappa shape index (κ1) is 12.0. The Balaban J connectivity index is 2.10. The first-order valence-electron chi connectivity index (χ1n) is 5.87. The summed E-state index contributed by atoms with van der Waals surface area (Å²) in [5.41, 5.74) is 0.941. The largest absolute Gasteiger partial charge is 0.302 e. The maximum atomic E-state index is 11.8. The van der Waals surface area contributed by atoms with Crippen molar-refractivity contribution in [1.82, 2.24) is 4.98 Å². The standard InChI is InChI=1S/C13H16N2OS/c1-3-6-9(2)12(16)15-13-14-10-7-4-5-8-11(10)17-13/h4-5,7-9H,3,6H2,1-2H3,(H,14,15,16). The zero-order valence-electron chi connectivity index (χ0n) is 10.1. The molecular formula is C13H16N2OS. The molecule has 0 bridgehead atoms. The fraction of sp³-hybridized carbons (Fsp3) is 0.385. The van der Waals surface area contributed by atoms with Gasteiger partial charge in [-0.1, -0.05) is 43.7 Å². The van der Waals surface area contributed by atoms with Gasteiger partial charge in [-0.15, -0.1) is 0 Å². The topological polar surface area (TPSA) is 42.0 Å². The maximum Gasteiger partial charge on any atom is 0.228 e. The minimum absolute atomic E-state index is 0.0482. The van der Waals surface area contributed by atoms with Crippen molar-refractivity contribution < 1.29 is 4.79 Å². The Kier molecular flexibility index (Phi) is 3.74. The summed E-state index contributed by atoms with van der Waals surface area (Å²) in [5.74, 6) is 0.109. The zero-order chi connectivity index (χ0) is 12.3. The monoisotopic (exact) mass is 248 g/mol. The van der Waals surface area contributed by atoms with Gasteiger partial charge in [-0.25, -0.2) is 4.98 Å². The number of thiazole rings is 1. The van der Waals surface area contributed by atoms with E-state index in [1.807, 2.05) is 31.2 Å². The van der Waals surface area contributed by atoms with Crippen LogP contribution in [0.25, 0.3) is 10.2 Å². The van der Waals surface area contributed by atoms with E-state index >= 15 is 0 Å². The molecule has 4 heteroatoms. The van der Waals surface area contributed by atoms with Gasteiger partial charge in [0.1, 0.15) is 0 Å². The third-order valence-electron chi connectivity index (χ3n) is 2.69. The summed E-state index contributed by atoms with van der Waals surface area (Å²) >= 11 is 1.52. The van der Waals surface area contributed by atoms with Gasteiger partial charge in [-0.2, -0.15) is 0 Å². The van der Waals surface area contributed by atoms with Gasteiger partial charge < -0.3 is 5.32 Å². The molecule has 2 aromatic rings. The molecule has 0 fully saturated rings. The SMILES string of the molecule is CCCC(C)C(=O)Nc1nc2ccccc2s1.